The highest BCUT2D eigenvalue weighted by Crippen LogP contribution is 2.26. The van der Waals surface area contributed by atoms with Gasteiger partial charge in [0, 0.05) is 18.1 Å². The second-order valence-electron chi connectivity index (χ2n) is 5.14. The first kappa shape index (κ1) is 15.1. The van der Waals surface area contributed by atoms with Crippen LogP contribution in [0.15, 0.2) is 18.2 Å². The number of amides is 1. The number of nitrogens with zero attached hydrogens (tertiary/aromatic N) is 2. The topological polar surface area (TPSA) is 55.8 Å². The van der Waals surface area contributed by atoms with E-state index in [0.717, 1.165) is 32.6 Å². The first-order chi connectivity index (χ1) is 9.54. The van der Waals surface area contributed by atoms with Crippen molar-refractivity contribution >= 4 is 23.2 Å². The van der Waals surface area contributed by atoms with Gasteiger partial charge in [0.15, 0.2) is 0 Å². The highest BCUT2D eigenvalue weighted by atomic mass is 35.5. The Morgan fingerprint density at radius 2 is 2.15 bits per heavy atom. The molecule has 1 aromatic rings. The molecule has 110 valence electrons. The van der Waals surface area contributed by atoms with Gasteiger partial charge in [0.2, 0.25) is 5.91 Å². The van der Waals surface area contributed by atoms with Crippen LogP contribution in [0.3, 0.4) is 0 Å². The number of hydrogen-bond donors (Lipinski definition) is 2. The standard InChI is InChI=1S/C14H20ClN3O2/c1-17-5-2-6-18(8-7-17)10-14(20)16-12-9-11(15)3-4-13(12)19/h3-4,9,19H,2,5-8,10H2,1H3,(H,16,20). The van der Waals surface area contributed by atoms with Gasteiger partial charge in [0.05, 0.1) is 12.2 Å². The van der Waals surface area contributed by atoms with Crippen LogP contribution < -0.4 is 5.32 Å². The van der Waals surface area contributed by atoms with Crippen LogP contribution in [0, 0.1) is 0 Å². The zero-order chi connectivity index (χ0) is 14.5. The Morgan fingerprint density at radius 1 is 1.35 bits per heavy atom. The van der Waals surface area contributed by atoms with E-state index < -0.39 is 0 Å². The Kier molecular flexibility index (Phi) is 5.23. The summed E-state index contributed by atoms with van der Waals surface area (Å²) in [6.45, 7) is 4.16. The van der Waals surface area contributed by atoms with Crippen LogP contribution in [-0.2, 0) is 4.79 Å². The summed E-state index contributed by atoms with van der Waals surface area (Å²) < 4.78 is 0. The second kappa shape index (κ2) is 6.92. The number of likely N-dealkylation sites (N-methyl/N-ethyl adjacent to an activating group) is 1. The SMILES string of the molecule is CN1CCCN(CC(=O)Nc2cc(Cl)ccc2O)CC1. The van der Waals surface area contributed by atoms with Crippen molar-refractivity contribution < 1.29 is 9.90 Å². The van der Waals surface area contributed by atoms with Crippen molar-refractivity contribution in [2.75, 3.05) is 45.1 Å². The Labute approximate surface area is 124 Å². The summed E-state index contributed by atoms with van der Waals surface area (Å²) in [7, 11) is 2.09. The molecule has 1 fully saturated rings. The second-order valence-corrected chi connectivity index (χ2v) is 5.58. The molecule has 0 saturated carbocycles. The summed E-state index contributed by atoms with van der Waals surface area (Å²) in [5.41, 5.74) is 0.356. The fourth-order valence-corrected chi connectivity index (χ4v) is 2.43. The zero-order valence-electron chi connectivity index (χ0n) is 11.6. The number of nitrogens with one attached hydrogen (secondary N) is 1. The summed E-state index contributed by atoms with van der Waals surface area (Å²) >= 11 is 5.85. The highest BCUT2D eigenvalue weighted by molar-refractivity contribution is 6.31. The van der Waals surface area contributed by atoms with E-state index in [1.807, 2.05) is 0 Å². The predicted molar refractivity (Wildman–Crippen MR) is 80.3 cm³/mol. The van der Waals surface area contributed by atoms with E-state index in [2.05, 4.69) is 22.2 Å². The van der Waals surface area contributed by atoms with Gasteiger partial charge in [0.25, 0.3) is 0 Å². The fourth-order valence-electron chi connectivity index (χ4n) is 2.26. The molecule has 0 aromatic heterocycles. The smallest absolute Gasteiger partial charge is 0.238 e. The number of phenolic OH excluding ortho intramolecular Hbond substituents is 1. The van der Waals surface area contributed by atoms with Crippen molar-refractivity contribution in [1.29, 1.82) is 0 Å². The third kappa shape index (κ3) is 4.37. The minimum atomic E-state index is -0.132. The highest BCUT2D eigenvalue weighted by Gasteiger charge is 2.15. The number of phenols is 1. The van der Waals surface area contributed by atoms with Crippen molar-refractivity contribution in [3.05, 3.63) is 23.2 Å². The molecule has 0 bridgehead atoms. The lowest BCUT2D eigenvalue weighted by Gasteiger charge is -2.19. The lowest BCUT2D eigenvalue weighted by atomic mass is 10.3. The molecular formula is C14H20ClN3O2. The van der Waals surface area contributed by atoms with Crippen LogP contribution in [0.5, 0.6) is 5.75 Å². The van der Waals surface area contributed by atoms with Crippen LogP contribution in [0.1, 0.15) is 6.42 Å². The first-order valence-corrected chi connectivity index (χ1v) is 7.11. The lowest BCUT2D eigenvalue weighted by Crippen LogP contribution is -2.35. The average Bonchev–Trinajstić information content (AvgIpc) is 2.59. The number of hydrogen-bond acceptors (Lipinski definition) is 4. The summed E-state index contributed by atoms with van der Waals surface area (Å²) in [6, 6.07) is 4.60. The number of rotatable bonds is 3. The maximum Gasteiger partial charge on any atom is 0.238 e. The van der Waals surface area contributed by atoms with Crippen LogP contribution in [0.2, 0.25) is 5.02 Å². The largest absolute Gasteiger partial charge is 0.506 e. The quantitative estimate of drug-likeness (QED) is 0.833. The van der Waals surface area contributed by atoms with Gasteiger partial charge in [-0.05, 0) is 44.8 Å². The molecule has 20 heavy (non-hydrogen) atoms. The van der Waals surface area contributed by atoms with Gasteiger partial charge in [-0.2, -0.15) is 0 Å². The van der Waals surface area contributed by atoms with Crippen LogP contribution >= 0.6 is 11.6 Å². The van der Waals surface area contributed by atoms with Crippen LogP contribution in [0.25, 0.3) is 0 Å². The molecule has 0 radical (unpaired) electrons. The minimum Gasteiger partial charge on any atom is -0.506 e. The van der Waals surface area contributed by atoms with Crippen molar-refractivity contribution in [3.63, 3.8) is 0 Å². The van der Waals surface area contributed by atoms with Gasteiger partial charge in [-0.3, -0.25) is 9.69 Å². The summed E-state index contributed by atoms with van der Waals surface area (Å²) in [5.74, 6) is -0.106. The molecule has 0 aliphatic carbocycles. The molecule has 5 nitrogen and oxygen atoms in total. The minimum absolute atomic E-state index is 0.0262. The Balaban J connectivity index is 1.90. The summed E-state index contributed by atoms with van der Waals surface area (Å²) in [4.78, 5) is 16.4. The molecule has 2 rings (SSSR count). The molecule has 1 heterocycles. The number of carbonyl (C=O) groups is 1. The molecule has 0 spiro atoms. The number of halogens is 1. The molecule has 1 saturated heterocycles. The molecule has 2 N–H and O–H groups in total. The van der Waals surface area contributed by atoms with Crippen molar-refractivity contribution in [3.8, 4) is 5.75 Å². The Morgan fingerprint density at radius 3 is 2.95 bits per heavy atom. The van der Waals surface area contributed by atoms with E-state index in [1.165, 1.54) is 6.07 Å². The van der Waals surface area contributed by atoms with Gasteiger partial charge < -0.3 is 15.3 Å². The predicted octanol–water partition coefficient (Wildman–Crippen LogP) is 1.62. The average molecular weight is 298 g/mol. The third-order valence-corrected chi connectivity index (χ3v) is 3.65. The van der Waals surface area contributed by atoms with Gasteiger partial charge in [-0.25, -0.2) is 0 Å². The summed E-state index contributed by atoms with van der Waals surface area (Å²) in [5, 5.41) is 12.9. The van der Waals surface area contributed by atoms with E-state index in [9.17, 15) is 9.90 Å². The Bertz CT molecular complexity index is 481. The van der Waals surface area contributed by atoms with Gasteiger partial charge in [-0.1, -0.05) is 11.6 Å². The van der Waals surface area contributed by atoms with E-state index in [4.69, 9.17) is 11.6 Å². The Hall–Kier alpha value is -1.30. The molecule has 1 amide bonds. The maximum absolute atomic E-state index is 12.0. The molecular weight excluding hydrogens is 278 g/mol. The van der Waals surface area contributed by atoms with E-state index >= 15 is 0 Å². The van der Waals surface area contributed by atoms with E-state index in [0.29, 0.717) is 17.3 Å². The number of anilines is 1. The number of benzene rings is 1. The van der Waals surface area contributed by atoms with Crippen LogP contribution in [0.4, 0.5) is 5.69 Å². The zero-order valence-corrected chi connectivity index (χ0v) is 12.4. The molecule has 1 aliphatic rings. The summed E-state index contributed by atoms with van der Waals surface area (Å²) in [6.07, 6.45) is 1.06. The first-order valence-electron chi connectivity index (χ1n) is 6.74. The fraction of sp³-hybridized carbons (Fsp3) is 0.500. The monoisotopic (exact) mass is 297 g/mol. The van der Waals surface area contributed by atoms with Gasteiger partial charge in [0.1, 0.15) is 5.75 Å². The van der Waals surface area contributed by atoms with Crippen molar-refractivity contribution in [2.45, 2.75) is 6.42 Å². The normalized spacial score (nSPS) is 17.7. The molecule has 0 atom stereocenters. The maximum atomic E-state index is 12.0. The van der Waals surface area contributed by atoms with E-state index in [-0.39, 0.29) is 11.7 Å². The molecule has 1 aliphatic heterocycles. The molecule has 6 heteroatoms. The lowest BCUT2D eigenvalue weighted by molar-refractivity contribution is -0.117. The van der Waals surface area contributed by atoms with Crippen molar-refractivity contribution in [2.24, 2.45) is 0 Å². The molecule has 1 aromatic carbocycles. The third-order valence-electron chi connectivity index (χ3n) is 3.41. The van der Waals surface area contributed by atoms with Gasteiger partial charge >= 0.3 is 0 Å². The van der Waals surface area contributed by atoms with Gasteiger partial charge in [-0.15, -0.1) is 0 Å². The van der Waals surface area contributed by atoms with E-state index in [1.54, 1.807) is 12.1 Å². The number of aromatic hydroxyl groups is 1. The molecule has 0 unspecified atom stereocenters. The van der Waals surface area contributed by atoms with Crippen molar-refractivity contribution in [1.82, 2.24) is 9.80 Å². The number of carbonyl (C=O) groups excluding carboxylic acids is 1. The van der Waals surface area contributed by atoms with Crippen LogP contribution in [-0.4, -0.2) is 60.6 Å².